The number of aryl methyl sites for hydroxylation is 1. The summed E-state index contributed by atoms with van der Waals surface area (Å²) < 4.78 is 5.42. The van der Waals surface area contributed by atoms with Crippen molar-refractivity contribution < 1.29 is 4.74 Å². The summed E-state index contributed by atoms with van der Waals surface area (Å²) in [6.07, 6.45) is 0. The maximum atomic E-state index is 5.99. The molecule has 1 aliphatic rings. The van der Waals surface area contributed by atoms with Crippen molar-refractivity contribution in [1.29, 1.82) is 0 Å². The highest BCUT2D eigenvalue weighted by atomic mass is 35.5. The van der Waals surface area contributed by atoms with Gasteiger partial charge < -0.3 is 15.4 Å². The van der Waals surface area contributed by atoms with Crippen LogP contribution in [0.4, 0.5) is 5.82 Å². The van der Waals surface area contributed by atoms with E-state index in [-0.39, 0.29) is 5.11 Å². The van der Waals surface area contributed by atoms with E-state index in [1.807, 2.05) is 37.3 Å². The van der Waals surface area contributed by atoms with Crippen LogP contribution < -0.4 is 16.1 Å². The standard InChI is InChI=1S/C18H21ClN6OS2/c1-12-10-16(25-6-8-26-9-7-25)22-18(21-12)28-11-15(23-24-17(20)27)13-2-4-14(19)5-3-13/h2-5,10H,6-9,11H2,1H3,(H3,20,24,27)/b23-15-. The van der Waals surface area contributed by atoms with Crippen LogP contribution in [0.3, 0.4) is 0 Å². The number of rotatable bonds is 6. The Labute approximate surface area is 178 Å². The van der Waals surface area contributed by atoms with Crippen molar-refractivity contribution >= 4 is 52.2 Å². The second kappa shape index (κ2) is 10.0. The van der Waals surface area contributed by atoms with E-state index >= 15 is 0 Å². The third kappa shape index (κ3) is 6.03. The molecule has 1 fully saturated rings. The molecule has 1 saturated heterocycles. The van der Waals surface area contributed by atoms with Crippen LogP contribution in [0.2, 0.25) is 5.02 Å². The number of thioether (sulfide) groups is 1. The van der Waals surface area contributed by atoms with E-state index in [0.717, 1.165) is 35.9 Å². The molecule has 3 rings (SSSR count). The fourth-order valence-corrected chi connectivity index (χ4v) is 3.66. The molecular weight excluding hydrogens is 416 g/mol. The minimum atomic E-state index is 0.109. The normalized spacial score (nSPS) is 14.8. The van der Waals surface area contributed by atoms with E-state index < -0.39 is 0 Å². The number of hydrazone groups is 1. The molecule has 3 N–H and O–H groups in total. The van der Waals surface area contributed by atoms with Gasteiger partial charge in [0.15, 0.2) is 10.3 Å². The Morgan fingerprint density at radius 3 is 2.71 bits per heavy atom. The van der Waals surface area contributed by atoms with Crippen molar-refractivity contribution in [2.45, 2.75) is 12.1 Å². The number of hydrogen-bond acceptors (Lipinski definition) is 7. The molecule has 10 heteroatoms. The van der Waals surface area contributed by atoms with Gasteiger partial charge in [-0.25, -0.2) is 9.97 Å². The number of ether oxygens (including phenoxy) is 1. The second-order valence-corrected chi connectivity index (χ2v) is 7.90. The Hall–Kier alpha value is -1.94. The minimum absolute atomic E-state index is 0.109. The van der Waals surface area contributed by atoms with Crippen LogP contribution in [0.1, 0.15) is 11.3 Å². The van der Waals surface area contributed by atoms with Crippen LogP contribution in [0.25, 0.3) is 0 Å². The van der Waals surface area contributed by atoms with Crippen LogP contribution in [0.5, 0.6) is 0 Å². The van der Waals surface area contributed by atoms with Crippen LogP contribution in [-0.4, -0.2) is 52.8 Å². The molecule has 148 valence electrons. The Morgan fingerprint density at radius 1 is 1.32 bits per heavy atom. The molecule has 1 aromatic heterocycles. The summed E-state index contributed by atoms with van der Waals surface area (Å²) in [5, 5.41) is 5.79. The van der Waals surface area contributed by atoms with Crippen molar-refractivity contribution in [3.8, 4) is 0 Å². The third-order valence-corrected chi connectivity index (χ3v) is 5.17. The molecule has 0 radical (unpaired) electrons. The highest BCUT2D eigenvalue weighted by molar-refractivity contribution is 7.99. The largest absolute Gasteiger partial charge is 0.378 e. The van der Waals surface area contributed by atoms with Crippen molar-refractivity contribution in [3.63, 3.8) is 0 Å². The van der Waals surface area contributed by atoms with E-state index in [9.17, 15) is 0 Å². The zero-order valence-corrected chi connectivity index (χ0v) is 17.8. The van der Waals surface area contributed by atoms with Crippen molar-refractivity contribution in [3.05, 3.63) is 46.6 Å². The number of thiocarbonyl (C=S) groups is 1. The van der Waals surface area contributed by atoms with Gasteiger partial charge in [-0.1, -0.05) is 35.5 Å². The zero-order valence-electron chi connectivity index (χ0n) is 15.4. The van der Waals surface area contributed by atoms with Crippen LogP contribution in [-0.2, 0) is 4.74 Å². The topological polar surface area (TPSA) is 88.7 Å². The van der Waals surface area contributed by atoms with Gasteiger partial charge in [0, 0.05) is 35.6 Å². The predicted octanol–water partition coefficient (Wildman–Crippen LogP) is 2.60. The first-order valence-corrected chi connectivity index (χ1v) is 10.5. The molecule has 0 amide bonds. The van der Waals surface area contributed by atoms with E-state index in [0.29, 0.717) is 29.1 Å². The van der Waals surface area contributed by atoms with E-state index in [4.69, 9.17) is 39.3 Å². The maximum Gasteiger partial charge on any atom is 0.190 e. The summed E-state index contributed by atoms with van der Waals surface area (Å²) in [6.45, 7) is 5.05. The fourth-order valence-electron chi connectivity index (χ4n) is 2.62. The first kappa shape index (κ1) is 20.8. The minimum Gasteiger partial charge on any atom is -0.378 e. The Balaban J connectivity index is 1.76. The van der Waals surface area contributed by atoms with Crippen molar-refractivity contribution in [2.75, 3.05) is 37.0 Å². The lowest BCUT2D eigenvalue weighted by molar-refractivity contribution is 0.122. The van der Waals surface area contributed by atoms with E-state index in [1.165, 1.54) is 11.8 Å². The number of aromatic nitrogens is 2. The van der Waals surface area contributed by atoms with Gasteiger partial charge in [0.05, 0.1) is 18.9 Å². The van der Waals surface area contributed by atoms with Gasteiger partial charge in [0.25, 0.3) is 0 Å². The van der Waals surface area contributed by atoms with Crippen LogP contribution in [0, 0.1) is 6.92 Å². The quantitative estimate of drug-likeness (QED) is 0.235. The average Bonchev–Trinajstić information content (AvgIpc) is 2.69. The molecule has 2 heterocycles. The average molecular weight is 437 g/mol. The molecule has 0 aliphatic carbocycles. The maximum absolute atomic E-state index is 5.99. The summed E-state index contributed by atoms with van der Waals surface area (Å²) in [7, 11) is 0. The molecule has 2 aromatic rings. The predicted molar refractivity (Wildman–Crippen MR) is 118 cm³/mol. The first-order valence-electron chi connectivity index (χ1n) is 8.70. The molecule has 1 aromatic carbocycles. The number of halogens is 1. The lowest BCUT2D eigenvalue weighted by atomic mass is 10.1. The summed E-state index contributed by atoms with van der Waals surface area (Å²) in [5.74, 6) is 1.47. The molecule has 28 heavy (non-hydrogen) atoms. The van der Waals surface area contributed by atoms with Gasteiger partial charge in [-0.3, -0.25) is 5.43 Å². The van der Waals surface area contributed by atoms with Gasteiger partial charge in [-0.05, 0) is 36.8 Å². The van der Waals surface area contributed by atoms with Gasteiger partial charge >= 0.3 is 0 Å². The second-order valence-electron chi connectivity index (χ2n) is 6.08. The number of benzene rings is 1. The number of anilines is 1. The number of nitrogens with one attached hydrogen (secondary N) is 1. The molecule has 0 atom stereocenters. The molecule has 0 spiro atoms. The summed E-state index contributed by atoms with van der Waals surface area (Å²) in [6, 6.07) is 9.44. The third-order valence-electron chi connectivity index (χ3n) is 3.97. The first-order chi connectivity index (χ1) is 13.5. The summed E-state index contributed by atoms with van der Waals surface area (Å²) >= 11 is 12.4. The van der Waals surface area contributed by atoms with Crippen molar-refractivity contribution in [1.82, 2.24) is 15.4 Å². The smallest absolute Gasteiger partial charge is 0.190 e. The Morgan fingerprint density at radius 2 is 2.04 bits per heavy atom. The molecule has 7 nitrogen and oxygen atoms in total. The van der Waals surface area contributed by atoms with Gasteiger partial charge in [-0.15, -0.1) is 0 Å². The Bertz CT molecular complexity index is 856. The van der Waals surface area contributed by atoms with Crippen LogP contribution >= 0.6 is 35.6 Å². The van der Waals surface area contributed by atoms with Gasteiger partial charge in [0.2, 0.25) is 0 Å². The molecule has 0 unspecified atom stereocenters. The highest BCUT2D eigenvalue weighted by Crippen LogP contribution is 2.21. The van der Waals surface area contributed by atoms with E-state index in [2.05, 4.69) is 20.4 Å². The number of nitrogens with two attached hydrogens (primary N) is 1. The van der Waals surface area contributed by atoms with Crippen molar-refractivity contribution in [2.24, 2.45) is 10.8 Å². The monoisotopic (exact) mass is 436 g/mol. The summed E-state index contributed by atoms with van der Waals surface area (Å²) in [4.78, 5) is 11.5. The number of nitrogens with zero attached hydrogens (tertiary/aromatic N) is 4. The summed E-state index contributed by atoms with van der Waals surface area (Å²) in [5.41, 5.74) is 10.8. The zero-order chi connectivity index (χ0) is 19.9. The Kier molecular flexibility index (Phi) is 7.43. The molecule has 0 saturated carbocycles. The van der Waals surface area contributed by atoms with Gasteiger partial charge in [0.1, 0.15) is 5.82 Å². The lowest BCUT2D eigenvalue weighted by Crippen LogP contribution is -2.36. The fraction of sp³-hybridized carbons (Fsp3) is 0.333. The lowest BCUT2D eigenvalue weighted by Gasteiger charge is -2.28. The SMILES string of the molecule is Cc1cc(N2CCOCC2)nc(SC/C(=N/NC(N)=S)c2ccc(Cl)cc2)n1. The molecule has 1 aliphatic heterocycles. The highest BCUT2D eigenvalue weighted by Gasteiger charge is 2.15. The number of morpholine rings is 1. The van der Waals surface area contributed by atoms with Crippen LogP contribution in [0.15, 0.2) is 40.6 Å². The van der Waals surface area contributed by atoms with Gasteiger partial charge in [-0.2, -0.15) is 5.10 Å². The van der Waals surface area contributed by atoms with E-state index in [1.54, 1.807) is 0 Å². The number of hydrogen-bond donors (Lipinski definition) is 2. The molecular formula is C18H21ClN6OS2. The molecule has 0 bridgehead atoms.